The van der Waals surface area contributed by atoms with Gasteiger partial charge in [0.1, 0.15) is 5.82 Å². The maximum absolute atomic E-state index is 9.90. The second-order valence-electron chi connectivity index (χ2n) is 6.40. The molecular formula is C19H21N5O. The van der Waals surface area contributed by atoms with Crippen molar-refractivity contribution in [3.05, 3.63) is 48.8 Å². The van der Waals surface area contributed by atoms with Crippen LogP contribution in [0.5, 0.6) is 0 Å². The lowest BCUT2D eigenvalue weighted by atomic mass is 10.1. The molecule has 4 rings (SSSR count). The third-order valence-electron chi connectivity index (χ3n) is 4.60. The number of hydrogen-bond acceptors (Lipinski definition) is 5. The number of hydrogen-bond donors (Lipinski definition) is 1. The van der Waals surface area contributed by atoms with E-state index < -0.39 is 0 Å². The molecule has 1 fully saturated rings. The number of nitrogens with zero attached hydrogens (tertiary/aromatic N) is 5. The van der Waals surface area contributed by atoms with Gasteiger partial charge in [0.25, 0.3) is 0 Å². The number of piperidine rings is 1. The van der Waals surface area contributed by atoms with Crippen LogP contribution in [0.2, 0.25) is 0 Å². The van der Waals surface area contributed by atoms with E-state index in [1.165, 1.54) is 0 Å². The summed E-state index contributed by atoms with van der Waals surface area (Å²) < 4.78 is 1.85. The van der Waals surface area contributed by atoms with Gasteiger partial charge in [-0.1, -0.05) is 18.2 Å². The fraction of sp³-hybridized carbons (Fsp3) is 0.316. The molecular weight excluding hydrogens is 314 g/mol. The zero-order valence-corrected chi connectivity index (χ0v) is 14.2. The van der Waals surface area contributed by atoms with Gasteiger partial charge in [-0.3, -0.25) is 4.68 Å². The highest BCUT2D eigenvalue weighted by Gasteiger charge is 2.19. The van der Waals surface area contributed by atoms with Gasteiger partial charge in [0.15, 0.2) is 5.82 Å². The summed E-state index contributed by atoms with van der Waals surface area (Å²) in [6, 6.07) is 12.1. The van der Waals surface area contributed by atoms with E-state index in [2.05, 4.69) is 27.1 Å². The van der Waals surface area contributed by atoms with Crippen molar-refractivity contribution >= 4 is 5.82 Å². The van der Waals surface area contributed by atoms with Gasteiger partial charge < -0.3 is 10.0 Å². The second kappa shape index (κ2) is 6.64. The third kappa shape index (κ3) is 3.25. The van der Waals surface area contributed by atoms with E-state index in [1.54, 1.807) is 12.4 Å². The highest BCUT2D eigenvalue weighted by atomic mass is 16.3. The van der Waals surface area contributed by atoms with Gasteiger partial charge in [0.05, 0.1) is 11.8 Å². The van der Waals surface area contributed by atoms with Crippen molar-refractivity contribution in [2.24, 2.45) is 7.05 Å². The van der Waals surface area contributed by atoms with E-state index in [9.17, 15) is 5.11 Å². The molecule has 0 unspecified atom stereocenters. The minimum absolute atomic E-state index is 0.277. The highest BCUT2D eigenvalue weighted by Crippen LogP contribution is 2.25. The van der Waals surface area contributed by atoms with Crippen molar-refractivity contribution in [3.63, 3.8) is 0 Å². The number of rotatable bonds is 3. The summed E-state index contributed by atoms with van der Waals surface area (Å²) in [4.78, 5) is 11.3. The molecule has 128 valence electrons. The smallest absolute Gasteiger partial charge is 0.161 e. The second-order valence-corrected chi connectivity index (χ2v) is 6.40. The van der Waals surface area contributed by atoms with Crippen LogP contribution in [0.15, 0.2) is 48.8 Å². The number of aryl methyl sites for hydroxylation is 1. The third-order valence-corrected chi connectivity index (χ3v) is 4.60. The first-order chi connectivity index (χ1) is 12.2. The van der Waals surface area contributed by atoms with Gasteiger partial charge in [-0.05, 0) is 31.0 Å². The number of aromatic nitrogens is 4. The van der Waals surface area contributed by atoms with Crippen LogP contribution in [0.3, 0.4) is 0 Å². The first kappa shape index (κ1) is 15.8. The summed E-state index contributed by atoms with van der Waals surface area (Å²) in [7, 11) is 1.93. The standard InChI is InChI=1S/C19H21N5O/c1-23-17(7-10-21-23)14-4-2-5-15(12-14)19-20-9-8-18(22-19)24-11-3-6-16(25)13-24/h2,4-5,7-10,12,16,25H,3,6,11,13H2,1H3/t16-/m0/s1. The van der Waals surface area contributed by atoms with Gasteiger partial charge in [0, 0.05) is 43.7 Å². The topological polar surface area (TPSA) is 67.1 Å². The number of aliphatic hydroxyl groups excluding tert-OH is 1. The van der Waals surface area contributed by atoms with Crippen LogP contribution in [0.1, 0.15) is 12.8 Å². The Hall–Kier alpha value is -2.73. The van der Waals surface area contributed by atoms with Crippen LogP contribution in [0.4, 0.5) is 5.82 Å². The number of benzene rings is 1. The van der Waals surface area contributed by atoms with Crippen molar-refractivity contribution in [1.82, 2.24) is 19.7 Å². The Bertz CT molecular complexity index is 876. The fourth-order valence-electron chi connectivity index (χ4n) is 3.30. The number of aliphatic hydroxyl groups is 1. The normalized spacial score (nSPS) is 17.7. The molecule has 1 N–H and O–H groups in total. The average molecular weight is 335 g/mol. The molecule has 0 bridgehead atoms. The summed E-state index contributed by atoms with van der Waals surface area (Å²) in [6.45, 7) is 1.55. The van der Waals surface area contributed by atoms with E-state index in [-0.39, 0.29) is 6.10 Å². The Morgan fingerprint density at radius 1 is 1.12 bits per heavy atom. The Morgan fingerprint density at radius 2 is 2.00 bits per heavy atom. The van der Waals surface area contributed by atoms with Crippen LogP contribution in [-0.4, -0.2) is 44.0 Å². The molecule has 1 aliphatic rings. The van der Waals surface area contributed by atoms with Crippen molar-refractivity contribution in [1.29, 1.82) is 0 Å². The molecule has 3 heterocycles. The Labute approximate surface area is 146 Å². The molecule has 25 heavy (non-hydrogen) atoms. The molecule has 0 amide bonds. The molecule has 0 spiro atoms. The number of anilines is 1. The van der Waals surface area contributed by atoms with Crippen molar-refractivity contribution in [3.8, 4) is 22.6 Å². The van der Waals surface area contributed by atoms with E-state index >= 15 is 0 Å². The van der Waals surface area contributed by atoms with E-state index in [0.29, 0.717) is 12.4 Å². The Balaban J connectivity index is 1.66. The summed E-state index contributed by atoms with van der Waals surface area (Å²) in [5, 5.41) is 14.1. The molecule has 1 atom stereocenters. The lowest BCUT2D eigenvalue weighted by Gasteiger charge is -2.31. The van der Waals surface area contributed by atoms with Crippen LogP contribution in [0, 0.1) is 0 Å². The van der Waals surface area contributed by atoms with Gasteiger partial charge in [0.2, 0.25) is 0 Å². The fourth-order valence-corrected chi connectivity index (χ4v) is 3.30. The molecule has 0 aliphatic carbocycles. The van der Waals surface area contributed by atoms with Crippen LogP contribution in [0.25, 0.3) is 22.6 Å². The van der Waals surface area contributed by atoms with Crippen LogP contribution >= 0.6 is 0 Å². The molecule has 1 saturated heterocycles. The van der Waals surface area contributed by atoms with Gasteiger partial charge in [-0.15, -0.1) is 0 Å². The first-order valence-corrected chi connectivity index (χ1v) is 8.55. The zero-order chi connectivity index (χ0) is 17.2. The first-order valence-electron chi connectivity index (χ1n) is 8.55. The molecule has 1 aromatic carbocycles. The SMILES string of the molecule is Cn1nccc1-c1cccc(-c2nccc(N3CCC[C@H](O)C3)n2)c1. The lowest BCUT2D eigenvalue weighted by molar-refractivity contribution is 0.154. The van der Waals surface area contributed by atoms with Crippen LogP contribution in [-0.2, 0) is 7.05 Å². The van der Waals surface area contributed by atoms with Gasteiger partial charge in [-0.2, -0.15) is 5.10 Å². The molecule has 0 saturated carbocycles. The molecule has 2 aromatic heterocycles. The minimum Gasteiger partial charge on any atom is -0.391 e. The zero-order valence-electron chi connectivity index (χ0n) is 14.2. The molecule has 6 heteroatoms. The van der Waals surface area contributed by atoms with Crippen molar-refractivity contribution < 1.29 is 5.11 Å². The molecule has 3 aromatic rings. The Morgan fingerprint density at radius 3 is 2.80 bits per heavy atom. The average Bonchev–Trinajstić information content (AvgIpc) is 3.08. The highest BCUT2D eigenvalue weighted by molar-refractivity contribution is 5.68. The maximum atomic E-state index is 9.90. The summed E-state index contributed by atoms with van der Waals surface area (Å²) >= 11 is 0. The van der Waals surface area contributed by atoms with Crippen molar-refractivity contribution in [2.75, 3.05) is 18.0 Å². The van der Waals surface area contributed by atoms with Crippen LogP contribution < -0.4 is 4.90 Å². The predicted molar refractivity (Wildman–Crippen MR) is 97.1 cm³/mol. The molecule has 0 radical (unpaired) electrons. The number of β-amino-alcohol motifs (C(OH)–C–C–N with tert-alkyl or cyclic N) is 1. The molecule has 6 nitrogen and oxygen atoms in total. The monoisotopic (exact) mass is 335 g/mol. The summed E-state index contributed by atoms with van der Waals surface area (Å²) in [5.74, 6) is 1.57. The summed E-state index contributed by atoms with van der Waals surface area (Å²) in [5.41, 5.74) is 3.11. The predicted octanol–water partition coefficient (Wildman–Crippen LogP) is 2.51. The van der Waals surface area contributed by atoms with E-state index in [4.69, 9.17) is 4.98 Å². The lowest BCUT2D eigenvalue weighted by Crippen LogP contribution is -2.38. The van der Waals surface area contributed by atoms with Gasteiger partial charge in [-0.25, -0.2) is 9.97 Å². The van der Waals surface area contributed by atoms with E-state index in [1.807, 2.05) is 36.0 Å². The van der Waals surface area contributed by atoms with Crippen molar-refractivity contribution in [2.45, 2.75) is 18.9 Å². The summed E-state index contributed by atoms with van der Waals surface area (Å²) in [6.07, 6.45) is 5.15. The van der Waals surface area contributed by atoms with E-state index in [0.717, 1.165) is 42.0 Å². The maximum Gasteiger partial charge on any atom is 0.161 e. The quantitative estimate of drug-likeness (QED) is 0.796. The minimum atomic E-state index is -0.277. The Kier molecular flexibility index (Phi) is 4.19. The molecule has 1 aliphatic heterocycles. The largest absolute Gasteiger partial charge is 0.391 e. The van der Waals surface area contributed by atoms with Gasteiger partial charge >= 0.3 is 0 Å².